The minimum absolute atomic E-state index is 0.0880. The lowest BCUT2D eigenvalue weighted by molar-refractivity contribution is -0.121. The van der Waals surface area contributed by atoms with Gasteiger partial charge in [0.25, 0.3) is 0 Å². The summed E-state index contributed by atoms with van der Waals surface area (Å²) in [6.07, 6.45) is 0.245. The molecule has 0 saturated carbocycles. The normalized spacial score (nSPS) is 10.4. The first kappa shape index (κ1) is 13.4. The van der Waals surface area contributed by atoms with Crippen molar-refractivity contribution in [1.29, 1.82) is 0 Å². The van der Waals surface area contributed by atoms with Crippen LogP contribution in [0.4, 0.5) is 14.5 Å². The van der Waals surface area contributed by atoms with Gasteiger partial charge in [0.05, 0.1) is 5.69 Å². The monoisotopic (exact) mass is 242 g/mol. The van der Waals surface area contributed by atoms with E-state index in [4.69, 9.17) is 0 Å². The highest BCUT2D eigenvalue weighted by atomic mass is 19.1. The number of benzene rings is 1. The van der Waals surface area contributed by atoms with Crippen LogP contribution >= 0.6 is 0 Å². The summed E-state index contributed by atoms with van der Waals surface area (Å²) in [4.78, 5) is 11.3. The maximum absolute atomic E-state index is 13.2. The Labute approximate surface area is 99.2 Å². The molecule has 0 atom stereocenters. The molecular formula is C12H16F2N2O. The molecule has 0 saturated heterocycles. The molecule has 1 rings (SSSR count). The summed E-state index contributed by atoms with van der Waals surface area (Å²) in [6.45, 7) is 4.04. The second-order valence-electron chi connectivity index (χ2n) is 4.02. The van der Waals surface area contributed by atoms with E-state index in [1.807, 2.05) is 13.8 Å². The molecule has 1 aromatic rings. The average Bonchev–Trinajstić information content (AvgIpc) is 2.20. The van der Waals surface area contributed by atoms with Crippen LogP contribution in [0, 0.1) is 11.6 Å². The van der Waals surface area contributed by atoms with Crippen LogP contribution in [-0.2, 0) is 4.79 Å². The minimum atomic E-state index is -0.658. The van der Waals surface area contributed by atoms with Crippen LogP contribution in [0.2, 0.25) is 0 Å². The third-order valence-corrected chi connectivity index (χ3v) is 2.05. The van der Waals surface area contributed by atoms with E-state index in [1.165, 1.54) is 12.1 Å². The summed E-state index contributed by atoms with van der Waals surface area (Å²) in [5.41, 5.74) is 0.198. The molecule has 3 nitrogen and oxygen atoms in total. The van der Waals surface area contributed by atoms with E-state index in [9.17, 15) is 13.6 Å². The summed E-state index contributed by atoms with van der Waals surface area (Å²) in [5.74, 6) is -1.38. The zero-order valence-electron chi connectivity index (χ0n) is 9.89. The van der Waals surface area contributed by atoms with E-state index >= 15 is 0 Å². The Hall–Kier alpha value is -1.65. The SMILES string of the molecule is CC(C)NC(=O)CCNc1ccc(F)cc1F. The van der Waals surface area contributed by atoms with E-state index in [2.05, 4.69) is 10.6 Å². The van der Waals surface area contributed by atoms with E-state index in [0.29, 0.717) is 6.54 Å². The molecule has 1 amide bonds. The molecule has 0 heterocycles. The Balaban J connectivity index is 2.38. The van der Waals surface area contributed by atoms with E-state index in [-0.39, 0.29) is 24.1 Å². The molecule has 0 fully saturated rings. The van der Waals surface area contributed by atoms with Crippen LogP contribution in [-0.4, -0.2) is 18.5 Å². The Morgan fingerprint density at radius 3 is 2.65 bits per heavy atom. The molecule has 17 heavy (non-hydrogen) atoms. The van der Waals surface area contributed by atoms with Gasteiger partial charge in [-0.25, -0.2) is 8.78 Å². The summed E-state index contributed by atoms with van der Waals surface area (Å²) in [5, 5.41) is 5.46. The standard InChI is InChI=1S/C12H16F2N2O/c1-8(2)16-12(17)5-6-15-11-4-3-9(13)7-10(11)14/h3-4,7-8,15H,5-6H2,1-2H3,(H,16,17). The lowest BCUT2D eigenvalue weighted by Gasteiger charge is -2.10. The number of anilines is 1. The molecule has 0 radical (unpaired) electrons. The highest BCUT2D eigenvalue weighted by Gasteiger charge is 2.05. The number of rotatable bonds is 5. The van der Waals surface area contributed by atoms with Crippen LogP contribution in [0.1, 0.15) is 20.3 Å². The third-order valence-electron chi connectivity index (χ3n) is 2.05. The maximum Gasteiger partial charge on any atom is 0.221 e. The molecule has 5 heteroatoms. The highest BCUT2D eigenvalue weighted by Crippen LogP contribution is 2.14. The Morgan fingerprint density at radius 1 is 1.35 bits per heavy atom. The summed E-state index contributed by atoms with van der Waals surface area (Å²) < 4.78 is 25.8. The van der Waals surface area contributed by atoms with E-state index < -0.39 is 11.6 Å². The molecular weight excluding hydrogens is 226 g/mol. The second kappa shape index (κ2) is 6.18. The summed E-state index contributed by atoms with van der Waals surface area (Å²) >= 11 is 0. The van der Waals surface area contributed by atoms with Gasteiger partial charge in [-0.2, -0.15) is 0 Å². The first-order valence-corrected chi connectivity index (χ1v) is 5.47. The Morgan fingerprint density at radius 2 is 2.06 bits per heavy atom. The molecule has 0 aromatic heterocycles. The van der Waals surface area contributed by atoms with Gasteiger partial charge in [-0.1, -0.05) is 0 Å². The lowest BCUT2D eigenvalue weighted by atomic mass is 10.3. The van der Waals surface area contributed by atoms with Gasteiger partial charge in [0.1, 0.15) is 11.6 Å². The molecule has 0 bridgehead atoms. The highest BCUT2D eigenvalue weighted by molar-refractivity contribution is 5.76. The topological polar surface area (TPSA) is 41.1 Å². The van der Waals surface area contributed by atoms with Crippen LogP contribution in [0.15, 0.2) is 18.2 Å². The molecule has 94 valence electrons. The summed E-state index contributed by atoms with van der Waals surface area (Å²) in [7, 11) is 0. The predicted octanol–water partition coefficient (Wildman–Crippen LogP) is 2.29. The Bertz CT molecular complexity index is 394. The molecule has 0 aliphatic rings. The zero-order chi connectivity index (χ0) is 12.8. The van der Waals surface area contributed by atoms with Crippen molar-refractivity contribution < 1.29 is 13.6 Å². The number of halogens is 2. The molecule has 2 N–H and O–H groups in total. The van der Waals surface area contributed by atoms with Gasteiger partial charge in [0.2, 0.25) is 5.91 Å². The van der Waals surface area contributed by atoms with Crippen molar-refractivity contribution in [3.63, 3.8) is 0 Å². The van der Waals surface area contributed by atoms with Crippen molar-refractivity contribution in [3.05, 3.63) is 29.8 Å². The van der Waals surface area contributed by atoms with Gasteiger partial charge >= 0.3 is 0 Å². The third kappa shape index (κ3) is 4.80. The fraction of sp³-hybridized carbons (Fsp3) is 0.417. The van der Waals surface area contributed by atoms with E-state index in [1.54, 1.807) is 0 Å². The lowest BCUT2D eigenvalue weighted by Crippen LogP contribution is -2.31. The van der Waals surface area contributed by atoms with Crippen molar-refractivity contribution in [1.82, 2.24) is 5.32 Å². The van der Waals surface area contributed by atoms with E-state index in [0.717, 1.165) is 6.07 Å². The zero-order valence-corrected chi connectivity index (χ0v) is 9.89. The number of hydrogen-bond acceptors (Lipinski definition) is 2. The van der Waals surface area contributed by atoms with Gasteiger partial charge < -0.3 is 10.6 Å². The van der Waals surface area contributed by atoms with Gasteiger partial charge in [-0.3, -0.25) is 4.79 Å². The number of hydrogen-bond donors (Lipinski definition) is 2. The van der Waals surface area contributed by atoms with Crippen LogP contribution in [0.5, 0.6) is 0 Å². The predicted molar refractivity (Wildman–Crippen MR) is 62.7 cm³/mol. The fourth-order valence-corrected chi connectivity index (χ4v) is 1.34. The van der Waals surface area contributed by atoms with Crippen molar-refractivity contribution in [2.24, 2.45) is 0 Å². The first-order valence-electron chi connectivity index (χ1n) is 5.47. The number of nitrogens with one attached hydrogen (secondary N) is 2. The van der Waals surface area contributed by atoms with Gasteiger partial charge in [0.15, 0.2) is 0 Å². The van der Waals surface area contributed by atoms with Crippen molar-refractivity contribution in [2.45, 2.75) is 26.3 Å². The second-order valence-corrected chi connectivity index (χ2v) is 4.02. The Kier molecular flexibility index (Phi) is 4.87. The first-order chi connectivity index (χ1) is 7.99. The number of amides is 1. The van der Waals surface area contributed by atoms with Gasteiger partial charge in [-0.05, 0) is 26.0 Å². The molecule has 1 aromatic carbocycles. The van der Waals surface area contributed by atoms with Crippen LogP contribution < -0.4 is 10.6 Å². The molecule has 0 aliphatic heterocycles. The van der Waals surface area contributed by atoms with Crippen LogP contribution in [0.3, 0.4) is 0 Å². The van der Waals surface area contributed by atoms with Gasteiger partial charge in [0, 0.05) is 25.1 Å². The molecule has 0 spiro atoms. The maximum atomic E-state index is 13.2. The quantitative estimate of drug-likeness (QED) is 0.831. The molecule has 0 unspecified atom stereocenters. The smallest absolute Gasteiger partial charge is 0.221 e. The fourth-order valence-electron chi connectivity index (χ4n) is 1.34. The van der Waals surface area contributed by atoms with Crippen molar-refractivity contribution in [2.75, 3.05) is 11.9 Å². The van der Waals surface area contributed by atoms with Crippen molar-refractivity contribution in [3.8, 4) is 0 Å². The van der Waals surface area contributed by atoms with Crippen molar-refractivity contribution >= 4 is 11.6 Å². The summed E-state index contributed by atoms with van der Waals surface area (Å²) in [6, 6.07) is 3.37. The molecule has 0 aliphatic carbocycles. The minimum Gasteiger partial charge on any atom is -0.382 e. The van der Waals surface area contributed by atoms with Crippen LogP contribution in [0.25, 0.3) is 0 Å². The van der Waals surface area contributed by atoms with Gasteiger partial charge in [-0.15, -0.1) is 0 Å². The largest absolute Gasteiger partial charge is 0.382 e. The number of carbonyl (C=O) groups excluding carboxylic acids is 1. The average molecular weight is 242 g/mol. The number of carbonyl (C=O) groups is 1.